The fourth-order valence-electron chi connectivity index (χ4n) is 3.32. The van der Waals surface area contributed by atoms with E-state index in [1.54, 1.807) is 4.90 Å². The van der Waals surface area contributed by atoms with E-state index in [1.807, 2.05) is 0 Å². The zero-order chi connectivity index (χ0) is 12.8. The average molecular weight is 253 g/mol. The molecular formula is C14H27N3O. The SMILES string of the molecule is NC(=O)N1CCCN(CCCC2CCCC2)CC1. The molecule has 0 radical (unpaired) electrons. The van der Waals surface area contributed by atoms with E-state index in [0.717, 1.165) is 38.5 Å². The molecule has 0 aromatic carbocycles. The van der Waals surface area contributed by atoms with Crippen molar-refractivity contribution in [2.75, 3.05) is 32.7 Å². The van der Waals surface area contributed by atoms with Gasteiger partial charge in [0.15, 0.2) is 0 Å². The van der Waals surface area contributed by atoms with Crippen molar-refractivity contribution in [1.82, 2.24) is 9.80 Å². The summed E-state index contributed by atoms with van der Waals surface area (Å²) in [6.07, 6.45) is 9.58. The van der Waals surface area contributed by atoms with Gasteiger partial charge < -0.3 is 15.5 Å². The van der Waals surface area contributed by atoms with Crippen LogP contribution < -0.4 is 5.73 Å². The second-order valence-electron chi connectivity index (χ2n) is 5.81. The molecule has 2 aliphatic rings. The molecule has 0 atom stereocenters. The van der Waals surface area contributed by atoms with Gasteiger partial charge in [0, 0.05) is 19.6 Å². The normalized spacial score (nSPS) is 23.2. The maximum atomic E-state index is 11.1. The van der Waals surface area contributed by atoms with E-state index >= 15 is 0 Å². The number of hydrogen-bond donors (Lipinski definition) is 1. The minimum Gasteiger partial charge on any atom is -0.351 e. The lowest BCUT2D eigenvalue weighted by Gasteiger charge is -2.21. The van der Waals surface area contributed by atoms with E-state index in [4.69, 9.17) is 5.73 Å². The van der Waals surface area contributed by atoms with Crippen LogP contribution in [0.2, 0.25) is 0 Å². The predicted molar refractivity (Wildman–Crippen MR) is 73.4 cm³/mol. The van der Waals surface area contributed by atoms with Crippen LogP contribution in [0.5, 0.6) is 0 Å². The smallest absolute Gasteiger partial charge is 0.314 e. The highest BCUT2D eigenvalue weighted by Gasteiger charge is 2.18. The van der Waals surface area contributed by atoms with Gasteiger partial charge in [-0.1, -0.05) is 25.7 Å². The van der Waals surface area contributed by atoms with E-state index in [0.29, 0.717) is 0 Å². The molecule has 2 N–H and O–H groups in total. The number of carbonyl (C=O) groups is 1. The second kappa shape index (κ2) is 6.98. The van der Waals surface area contributed by atoms with Gasteiger partial charge in [0.1, 0.15) is 0 Å². The number of hydrogen-bond acceptors (Lipinski definition) is 2. The molecular weight excluding hydrogens is 226 g/mol. The van der Waals surface area contributed by atoms with E-state index in [1.165, 1.54) is 45.1 Å². The maximum absolute atomic E-state index is 11.1. The van der Waals surface area contributed by atoms with Gasteiger partial charge in [0.05, 0.1) is 0 Å². The first-order valence-electron chi connectivity index (χ1n) is 7.52. The lowest BCUT2D eigenvalue weighted by atomic mass is 10.0. The number of primary amides is 1. The first-order valence-corrected chi connectivity index (χ1v) is 7.52. The fraction of sp³-hybridized carbons (Fsp3) is 0.929. The lowest BCUT2D eigenvalue weighted by Crippen LogP contribution is -2.38. The van der Waals surface area contributed by atoms with Crippen LogP contribution in [0.25, 0.3) is 0 Å². The summed E-state index contributed by atoms with van der Waals surface area (Å²) < 4.78 is 0. The van der Waals surface area contributed by atoms with Gasteiger partial charge in [-0.3, -0.25) is 0 Å². The van der Waals surface area contributed by atoms with Crippen molar-refractivity contribution in [1.29, 1.82) is 0 Å². The molecule has 1 saturated carbocycles. The van der Waals surface area contributed by atoms with Gasteiger partial charge in [0.25, 0.3) is 0 Å². The van der Waals surface area contributed by atoms with Crippen LogP contribution in [0.4, 0.5) is 4.79 Å². The standard InChI is InChI=1S/C14H27N3O/c15-14(18)17-10-4-9-16(11-12-17)8-3-7-13-5-1-2-6-13/h13H,1-12H2,(H2,15,18). The molecule has 4 nitrogen and oxygen atoms in total. The monoisotopic (exact) mass is 253 g/mol. The van der Waals surface area contributed by atoms with E-state index in [9.17, 15) is 4.79 Å². The van der Waals surface area contributed by atoms with Crippen molar-refractivity contribution in [3.63, 3.8) is 0 Å². The van der Waals surface area contributed by atoms with Gasteiger partial charge in [-0.2, -0.15) is 0 Å². The molecule has 104 valence electrons. The molecule has 2 rings (SSSR count). The summed E-state index contributed by atoms with van der Waals surface area (Å²) in [7, 11) is 0. The first kappa shape index (κ1) is 13.7. The van der Waals surface area contributed by atoms with Gasteiger partial charge in [-0.15, -0.1) is 0 Å². The van der Waals surface area contributed by atoms with E-state index in [2.05, 4.69) is 4.90 Å². The minimum atomic E-state index is -0.261. The second-order valence-corrected chi connectivity index (χ2v) is 5.81. The third kappa shape index (κ3) is 4.16. The molecule has 2 fully saturated rings. The number of rotatable bonds is 4. The van der Waals surface area contributed by atoms with Crippen LogP contribution in [-0.4, -0.2) is 48.6 Å². The number of nitrogens with two attached hydrogens (primary N) is 1. The summed E-state index contributed by atoms with van der Waals surface area (Å²) in [5.41, 5.74) is 5.33. The molecule has 0 aromatic rings. The van der Waals surface area contributed by atoms with Gasteiger partial charge in [-0.05, 0) is 38.3 Å². The highest BCUT2D eigenvalue weighted by Crippen LogP contribution is 2.28. The van der Waals surface area contributed by atoms with E-state index < -0.39 is 0 Å². The Balaban J connectivity index is 1.62. The number of nitrogens with zero attached hydrogens (tertiary/aromatic N) is 2. The minimum absolute atomic E-state index is 0.261. The Labute approximate surface area is 110 Å². The Hall–Kier alpha value is -0.770. The van der Waals surface area contributed by atoms with Crippen LogP contribution in [0, 0.1) is 5.92 Å². The Kier molecular flexibility index (Phi) is 5.29. The predicted octanol–water partition coefficient (Wildman–Crippen LogP) is 2.04. The fourth-order valence-corrected chi connectivity index (χ4v) is 3.32. The summed E-state index contributed by atoms with van der Waals surface area (Å²) in [4.78, 5) is 15.4. The molecule has 2 amide bonds. The third-order valence-corrected chi connectivity index (χ3v) is 4.46. The highest BCUT2D eigenvalue weighted by molar-refractivity contribution is 5.71. The van der Waals surface area contributed by atoms with Crippen LogP contribution in [0.1, 0.15) is 44.9 Å². The van der Waals surface area contributed by atoms with Gasteiger partial charge >= 0.3 is 6.03 Å². The molecule has 1 aliphatic heterocycles. The van der Waals surface area contributed by atoms with Crippen LogP contribution >= 0.6 is 0 Å². The summed E-state index contributed by atoms with van der Waals surface area (Å²) in [5, 5.41) is 0. The summed E-state index contributed by atoms with van der Waals surface area (Å²) in [5.74, 6) is 0.999. The van der Waals surface area contributed by atoms with Crippen molar-refractivity contribution in [3.8, 4) is 0 Å². The van der Waals surface area contributed by atoms with Crippen molar-refractivity contribution in [2.45, 2.75) is 44.9 Å². The zero-order valence-corrected chi connectivity index (χ0v) is 11.4. The van der Waals surface area contributed by atoms with Crippen LogP contribution in [0.3, 0.4) is 0 Å². The average Bonchev–Trinajstić information content (AvgIpc) is 2.73. The van der Waals surface area contributed by atoms with Crippen LogP contribution in [0.15, 0.2) is 0 Å². The largest absolute Gasteiger partial charge is 0.351 e. The molecule has 18 heavy (non-hydrogen) atoms. The molecule has 0 aromatic heterocycles. The quantitative estimate of drug-likeness (QED) is 0.833. The van der Waals surface area contributed by atoms with Crippen molar-refractivity contribution >= 4 is 6.03 Å². The zero-order valence-electron chi connectivity index (χ0n) is 11.4. The Morgan fingerprint density at radius 3 is 2.56 bits per heavy atom. The van der Waals surface area contributed by atoms with Crippen LogP contribution in [-0.2, 0) is 0 Å². The first-order chi connectivity index (χ1) is 8.75. The molecule has 1 heterocycles. The number of amides is 2. The number of urea groups is 1. The van der Waals surface area contributed by atoms with Crippen molar-refractivity contribution in [2.24, 2.45) is 11.7 Å². The molecule has 0 unspecified atom stereocenters. The molecule has 1 saturated heterocycles. The summed E-state index contributed by atoms with van der Waals surface area (Å²) >= 11 is 0. The lowest BCUT2D eigenvalue weighted by molar-refractivity contribution is 0.207. The molecule has 4 heteroatoms. The molecule has 1 aliphatic carbocycles. The Morgan fingerprint density at radius 2 is 1.83 bits per heavy atom. The Morgan fingerprint density at radius 1 is 1.06 bits per heavy atom. The number of carbonyl (C=O) groups excluding carboxylic acids is 1. The summed E-state index contributed by atoms with van der Waals surface area (Å²) in [6, 6.07) is -0.261. The molecule has 0 bridgehead atoms. The van der Waals surface area contributed by atoms with Crippen molar-refractivity contribution < 1.29 is 4.79 Å². The topological polar surface area (TPSA) is 49.6 Å². The maximum Gasteiger partial charge on any atom is 0.314 e. The van der Waals surface area contributed by atoms with Gasteiger partial charge in [-0.25, -0.2) is 4.79 Å². The molecule has 0 spiro atoms. The van der Waals surface area contributed by atoms with Crippen molar-refractivity contribution in [3.05, 3.63) is 0 Å². The van der Waals surface area contributed by atoms with Gasteiger partial charge in [0.2, 0.25) is 0 Å². The Bertz CT molecular complexity index is 264. The summed E-state index contributed by atoms with van der Waals surface area (Å²) in [6.45, 7) is 4.94. The third-order valence-electron chi connectivity index (χ3n) is 4.46. The highest BCUT2D eigenvalue weighted by atomic mass is 16.2. The van der Waals surface area contributed by atoms with E-state index in [-0.39, 0.29) is 6.03 Å².